The minimum Gasteiger partial charge on any atom is -0.388 e. The first-order chi connectivity index (χ1) is 7.31. The van der Waals surface area contributed by atoms with Crippen molar-refractivity contribution in [3.05, 3.63) is 24.0 Å². The van der Waals surface area contributed by atoms with Gasteiger partial charge in [0.1, 0.15) is 0 Å². The number of aliphatic hydroxyl groups excluding tert-OH is 1. The van der Waals surface area contributed by atoms with Crippen LogP contribution in [0.25, 0.3) is 5.57 Å². The molecule has 0 amide bonds. The molecule has 1 unspecified atom stereocenters. The highest BCUT2D eigenvalue weighted by Gasteiger charge is 2.14. The Hall–Kier alpha value is -1.13. The van der Waals surface area contributed by atoms with Crippen molar-refractivity contribution in [2.45, 2.75) is 26.0 Å². The van der Waals surface area contributed by atoms with Crippen LogP contribution in [0.1, 0.15) is 19.0 Å². The number of aryl methyl sites for hydroxylation is 1. The number of aliphatic hydroxyl groups is 1. The summed E-state index contributed by atoms with van der Waals surface area (Å²) in [5.41, 5.74) is 2.25. The van der Waals surface area contributed by atoms with Gasteiger partial charge in [-0.2, -0.15) is 5.10 Å². The summed E-state index contributed by atoms with van der Waals surface area (Å²) in [6.07, 6.45) is 4.42. The molecule has 1 aliphatic rings. The largest absolute Gasteiger partial charge is 0.388 e. The maximum atomic E-state index is 9.53. The Bertz CT molecular complexity index is 356. The number of rotatable bonds is 3. The van der Waals surface area contributed by atoms with Crippen LogP contribution in [-0.2, 0) is 6.54 Å². The van der Waals surface area contributed by atoms with Crippen molar-refractivity contribution in [3.63, 3.8) is 0 Å². The lowest BCUT2D eigenvalue weighted by atomic mass is 10.1. The first-order valence-corrected chi connectivity index (χ1v) is 5.43. The quantitative estimate of drug-likeness (QED) is 0.764. The Morgan fingerprint density at radius 3 is 3.27 bits per heavy atom. The normalized spacial score (nSPS) is 21.5. The molecular formula is C11H17N3O. The van der Waals surface area contributed by atoms with Crippen molar-refractivity contribution in [2.24, 2.45) is 0 Å². The van der Waals surface area contributed by atoms with Crippen molar-refractivity contribution in [2.75, 3.05) is 13.1 Å². The third-order valence-corrected chi connectivity index (χ3v) is 2.54. The summed E-state index contributed by atoms with van der Waals surface area (Å²) in [6.45, 7) is 4.52. The van der Waals surface area contributed by atoms with Gasteiger partial charge in [0.25, 0.3) is 0 Å². The number of β-amino-alcohol motifs (C(OH)–C–C–N with tert-alkyl or cyclic N) is 1. The SMILES string of the molecule is CCCn1nccc1C1=CC(O)CNC1. The Kier molecular flexibility index (Phi) is 3.18. The molecule has 0 saturated carbocycles. The highest BCUT2D eigenvalue weighted by Crippen LogP contribution is 2.16. The molecule has 1 aliphatic heterocycles. The molecule has 0 aliphatic carbocycles. The maximum absolute atomic E-state index is 9.53. The fourth-order valence-electron chi connectivity index (χ4n) is 1.88. The predicted octanol–water partition coefficient (Wildman–Crippen LogP) is 0.641. The van der Waals surface area contributed by atoms with Gasteiger partial charge in [-0.1, -0.05) is 6.92 Å². The van der Waals surface area contributed by atoms with E-state index in [-0.39, 0.29) is 6.10 Å². The van der Waals surface area contributed by atoms with Gasteiger partial charge in [-0.3, -0.25) is 4.68 Å². The van der Waals surface area contributed by atoms with Crippen LogP contribution < -0.4 is 5.32 Å². The van der Waals surface area contributed by atoms with E-state index in [9.17, 15) is 5.11 Å². The lowest BCUT2D eigenvalue weighted by Gasteiger charge is -2.19. The number of hydrogen-bond donors (Lipinski definition) is 2. The van der Waals surface area contributed by atoms with Crippen LogP contribution in [0, 0.1) is 0 Å². The third-order valence-electron chi connectivity index (χ3n) is 2.54. The third kappa shape index (κ3) is 2.27. The second-order valence-corrected chi connectivity index (χ2v) is 3.83. The smallest absolute Gasteiger partial charge is 0.0852 e. The van der Waals surface area contributed by atoms with Crippen LogP contribution in [0.2, 0.25) is 0 Å². The first kappa shape index (κ1) is 10.4. The van der Waals surface area contributed by atoms with E-state index in [4.69, 9.17) is 0 Å². The molecule has 0 saturated heterocycles. The number of hydrogen-bond acceptors (Lipinski definition) is 3. The zero-order valence-electron chi connectivity index (χ0n) is 8.98. The molecule has 0 fully saturated rings. The fourth-order valence-corrected chi connectivity index (χ4v) is 1.88. The lowest BCUT2D eigenvalue weighted by Crippen LogP contribution is -2.32. The topological polar surface area (TPSA) is 50.1 Å². The highest BCUT2D eigenvalue weighted by atomic mass is 16.3. The Balaban J connectivity index is 2.24. The van der Waals surface area contributed by atoms with Crippen molar-refractivity contribution >= 4 is 5.57 Å². The molecule has 1 atom stereocenters. The highest BCUT2D eigenvalue weighted by molar-refractivity contribution is 5.65. The summed E-state index contributed by atoms with van der Waals surface area (Å²) in [5.74, 6) is 0. The van der Waals surface area contributed by atoms with Gasteiger partial charge in [0.15, 0.2) is 0 Å². The molecule has 2 rings (SSSR count). The molecule has 2 heterocycles. The molecule has 1 aromatic rings. The summed E-state index contributed by atoms with van der Waals surface area (Å²) in [5, 5.41) is 17.0. The van der Waals surface area contributed by atoms with Crippen LogP contribution in [0.4, 0.5) is 0 Å². The summed E-state index contributed by atoms with van der Waals surface area (Å²) in [6, 6.07) is 2.00. The number of aromatic nitrogens is 2. The number of nitrogens with zero attached hydrogens (tertiary/aromatic N) is 2. The van der Waals surface area contributed by atoms with Gasteiger partial charge in [-0.25, -0.2) is 0 Å². The van der Waals surface area contributed by atoms with E-state index >= 15 is 0 Å². The lowest BCUT2D eigenvalue weighted by molar-refractivity contribution is 0.216. The van der Waals surface area contributed by atoms with E-state index in [0.717, 1.165) is 30.8 Å². The molecule has 15 heavy (non-hydrogen) atoms. The molecule has 2 N–H and O–H groups in total. The summed E-state index contributed by atoms with van der Waals surface area (Å²) < 4.78 is 1.99. The molecule has 1 aromatic heterocycles. The molecular weight excluding hydrogens is 190 g/mol. The molecule has 0 aromatic carbocycles. The monoisotopic (exact) mass is 207 g/mol. The van der Waals surface area contributed by atoms with Crippen molar-refractivity contribution in [1.82, 2.24) is 15.1 Å². The molecule has 0 bridgehead atoms. The van der Waals surface area contributed by atoms with E-state index in [1.54, 1.807) is 0 Å². The summed E-state index contributed by atoms with van der Waals surface area (Å²) >= 11 is 0. The standard InChI is InChI=1S/C11H17N3O/c1-2-5-14-11(3-4-13-14)9-6-10(15)8-12-7-9/h3-4,6,10,12,15H,2,5,7-8H2,1H3. The van der Waals surface area contributed by atoms with E-state index in [1.165, 1.54) is 0 Å². The van der Waals surface area contributed by atoms with Gasteiger partial charge in [0.2, 0.25) is 0 Å². The van der Waals surface area contributed by atoms with Crippen molar-refractivity contribution < 1.29 is 5.11 Å². The molecule has 82 valence electrons. The molecule has 4 nitrogen and oxygen atoms in total. The van der Waals surface area contributed by atoms with E-state index in [1.807, 2.05) is 23.0 Å². The summed E-state index contributed by atoms with van der Waals surface area (Å²) in [4.78, 5) is 0. The van der Waals surface area contributed by atoms with Crippen molar-refractivity contribution in [1.29, 1.82) is 0 Å². The maximum Gasteiger partial charge on any atom is 0.0852 e. The van der Waals surface area contributed by atoms with Crippen LogP contribution in [0.3, 0.4) is 0 Å². The van der Waals surface area contributed by atoms with Crippen LogP contribution in [-0.4, -0.2) is 34.1 Å². The average molecular weight is 207 g/mol. The van der Waals surface area contributed by atoms with Gasteiger partial charge in [-0.05, 0) is 24.1 Å². The second-order valence-electron chi connectivity index (χ2n) is 3.83. The summed E-state index contributed by atoms with van der Waals surface area (Å²) in [7, 11) is 0. The zero-order valence-corrected chi connectivity index (χ0v) is 8.98. The average Bonchev–Trinajstić information content (AvgIpc) is 2.66. The molecule has 4 heteroatoms. The van der Waals surface area contributed by atoms with Crippen LogP contribution in [0.5, 0.6) is 0 Å². The minimum absolute atomic E-state index is 0.376. The van der Waals surface area contributed by atoms with Crippen molar-refractivity contribution in [3.8, 4) is 0 Å². The van der Waals surface area contributed by atoms with E-state index in [2.05, 4.69) is 17.3 Å². The minimum atomic E-state index is -0.376. The number of nitrogens with one attached hydrogen (secondary N) is 1. The Morgan fingerprint density at radius 2 is 2.53 bits per heavy atom. The van der Waals surface area contributed by atoms with E-state index < -0.39 is 0 Å². The second kappa shape index (κ2) is 4.59. The Labute approximate surface area is 89.6 Å². The zero-order chi connectivity index (χ0) is 10.7. The molecule has 0 spiro atoms. The predicted molar refractivity (Wildman–Crippen MR) is 59.4 cm³/mol. The van der Waals surface area contributed by atoms with Gasteiger partial charge >= 0.3 is 0 Å². The van der Waals surface area contributed by atoms with Crippen LogP contribution >= 0.6 is 0 Å². The van der Waals surface area contributed by atoms with Gasteiger partial charge in [0, 0.05) is 25.8 Å². The van der Waals surface area contributed by atoms with Gasteiger partial charge < -0.3 is 10.4 Å². The molecule has 0 radical (unpaired) electrons. The Morgan fingerprint density at radius 1 is 1.67 bits per heavy atom. The van der Waals surface area contributed by atoms with Crippen LogP contribution in [0.15, 0.2) is 18.3 Å². The van der Waals surface area contributed by atoms with Gasteiger partial charge in [-0.15, -0.1) is 0 Å². The van der Waals surface area contributed by atoms with E-state index in [0.29, 0.717) is 6.54 Å². The van der Waals surface area contributed by atoms with Gasteiger partial charge in [0.05, 0.1) is 11.8 Å². The fraction of sp³-hybridized carbons (Fsp3) is 0.545. The first-order valence-electron chi connectivity index (χ1n) is 5.43.